The second-order valence-corrected chi connectivity index (χ2v) is 5.32. The number of amides is 1. The molecule has 0 saturated carbocycles. The Morgan fingerprint density at radius 3 is 2.90 bits per heavy atom. The van der Waals surface area contributed by atoms with Crippen LogP contribution in [-0.2, 0) is 11.3 Å². The molecule has 0 aromatic heterocycles. The molecule has 0 saturated heterocycles. The van der Waals surface area contributed by atoms with Gasteiger partial charge in [-0.1, -0.05) is 19.9 Å². The fourth-order valence-corrected chi connectivity index (χ4v) is 1.93. The van der Waals surface area contributed by atoms with E-state index in [0.29, 0.717) is 19.0 Å². The lowest BCUT2D eigenvalue weighted by atomic mass is 10.1. The lowest BCUT2D eigenvalue weighted by Gasteiger charge is -2.08. The molecule has 2 N–H and O–H groups in total. The molecule has 1 heterocycles. The van der Waals surface area contributed by atoms with E-state index in [9.17, 15) is 4.79 Å². The van der Waals surface area contributed by atoms with E-state index >= 15 is 0 Å². The summed E-state index contributed by atoms with van der Waals surface area (Å²) in [6, 6.07) is 5.80. The number of rotatable bonds is 7. The largest absolute Gasteiger partial charge is 0.454 e. The number of hydrogen-bond acceptors (Lipinski definition) is 4. The Balaban J connectivity index is 1.66. The molecule has 1 aliphatic rings. The van der Waals surface area contributed by atoms with Gasteiger partial charge >= 0.3 is 0 Å². The molecule has 0 bridgehead atoms. The Labute approximate surface area is 119 Å². The maximum atomic E-state index is 11.6. The minimum Gasteiger partial charge on any atom is -0.454 e. The zero-order valence-electron chi connectivity index (χ0n) is 12.1. The highest BCUT2D eigenvalue weighted by atomic mass is 16.7. The van der Waals surface area contributed by atoms with Gasteiger partial charge in [0.1, 0.15) is 0 Å². The summed E-state index contributed by atoms with van der Waals surface area (Å²) in [4.78, 5) is 11.6. The van der Waals surface area contributed by atoms with Gasteiger partial charge in [0.05, 0.1) is 6.54 Å². The standard InChI is InChI=1S/C15H22N2O3/c1-11(2)5-6-17-15(18)9-16-8-12-3-4-13-14(7-12)20-10-19-13/h3-4,7,11,16H,5-6,8-10H2,1-2H3,(H,17,18). The van der Waals surface area contributed by atoms with Crippen LogP contribution in [0.5, 0.6) is 11.5 Å². The average Bonchev–Trinajstić information content (AvgIpc) is 2.85. The molecule has 0 atom stereocenters. The lowest BCUT2D eigenvalue weighted by Crippen LogP contribution is -2.34. The maximum Gasteiger partial charge on any atom is 0.233 e. The van der Waals surface area contributed by atoms with Crippen molar-refractivity contribution in [1.29, 1.82) is 0 Å². The minimum absolute atomic E-state index is 0.0337. The molecule has 0 unspecified atom stereocenters. The molecule has 0 aliphatic carbocycles. The Morgan fingerprint density at radius 1 is 1.30 bits per heavy atom. The maximum absolute atomic E-state index is 11.6. The first-order valence-electron chi connectivity index (χ1n) is 7.01. The molecule has 20 heavy (non-hydrogen) atoms. The van der Waals surface area contributed by atoms with Crippen molar-refractivity contribution in [3.05, 3.63) is 23.8 Å². The Morgan fingerprint density at radius 2 is 2.10 bits per heavy atom. The van der Waals surface area contributed by atoms with Gasteiger partial charge in [-0.3, -0.25) is 4.79 Å². The molecule has 1 aromatic carbocycles. The molecule has 5 nitrogen and oxygen atoms in total. The summed E-state index contributed by atoms with van der Waals surface area (Å²) >= 11 is 0. The third-order valence-corrected chi connectivity index (χ3v) is 3.10. The van der Waals surface area contributed by atoms with Crippen LogP contribution < -0.4 is 20.1 Å². The molecular formula is C15H22N2O3. The predicted molar refractivity (Wildman–Crippen MR) is 76.7 cm³/mol. The summed E-state index contributed by atoms with van der Waals surface area (Å²) in [5.41, 5.74) is 1.07. The molecule has 2 rings (SSSR count). The monoisotopic (exact) mass is 278 g/mol. The molecule has 0 fully saturated rings. The molecule has 110 valence electrons. The molecule has 1 aliphatic heterocycles. The number of fused-ring (bicyclic) bond motifs is 1. The summed E-state index contributed by atoms with van der Waals surface area (Å²) < 4.78 is 10.6. The topological polar surface area (TPSA) is 59.6 Å². The van der Waals surface area contributed by atoms with Crippen LogP contribution in [0.2, 0.25) is 0 Å². The van der Waals surface area contributed by atoms with Gasteiger partial charge in [0.25, 0.3) is 0 Å². The first kappa shape index (κ1) is 14.7. The van der Waals surface area contributed by atoms with Gasteiger partial charge in [-0.2, -0.15) is 0 Å². The molecule has 0 radical (unpaired) electrons. The van der Waals surface area contributed by atoms with Crippen molar-refractivity contribution >= 4 is 5.91 Å². The minimum atomic E-state index is 0.0337. The van der Waals surface area contributed by atoms with Crippen molar-refractivity contribution in [2.24, 2.45) is 5.92 Å². The quantitative estimate of drug-likeness (QED) is 0.796. The van der Waals surface area contributed by atoms with Crippen molar-refractivity contribution in [3.63, 3.8) is 0 Å². The SMILES string of the molecule is CC(C)CCNC(=O)CNCc1ccc2c(c1)OCO2. The summed E-state index contributed by atoms with van der Waals surface area (Å²) in [6.45, 7) is 6.27. The summed E-state index contributed by atoms with van der Waals surface area (Å²) in [5, 5.41) is 6.02. The zero-order valence-corrected chi connectivity index (χ0v) is 12.1. The van der Waals surface area contributed by atoms with Crippen molar-refractivity contribution in [3.8, 4) is 11.5 Å². The van der Waals surface area contributed by atoms with Gasteiger partial charge in [0, 0.05) is 13.1 Å². The summed E-state index contributed by atoms with van der Waals surface area (Å²) in [6.07, 6.45) is 1.01. The molecule has 0 spiro atoms. The number of hydrogen-bond donors (Lipinski definition) is 2. The van der Waals surface area contributed by atoms with Crippen molar-refractivity contribution in [1.82, 2.24) is 10.6 Å². The zero-order chi connectivity index (χ0) is 14.4. The predicted octanol–water partition coefficient (Wildman–Crippen LogP) is 1.67. The van der Waals surface area contributed by atoms with Crippen LogP contribution in [0.25, 0.3) is 0 Å². The van der Waals surface area contributed by atoms with E-state index in [-0.39, 0.29) is 12.7 Å². The van der Waals surface area contributed by atoms with E-state index in [1.807, 2.05) is 18.2 Å². The van der Waals surface area contributed by atoms with Crippen LogP contribution in [0.4, 0.5) is 0 Å². The van der Waals surface area contributed by atoms with Gasteiger partial charge in [0.2, 0.25) is 12.7 Å². The van der Waals surface area contributed by atoms with Gasteiger partial charge in [-0.05, 0) is 30.0 Å². The fraction of sp³-hybridized carbons (Fsp3) is 0.533. The second-order valence-electron chi connectivity index (χ2n) is 5.32. The van der Waals surface area contributed by atoms with E-state index in [4.69, 9.17) is 9.47 Å². The second kappa shape index (κ2) is 7.14. The first-order chi connectivity index (χ1) is 9.65. The Bertz CT molecular complexity index is 460. The van der Waals surface area contributed by atoms with E-state index in [2.05, 4.69) is 24.5 Å². The molecule has 5 heteroatoms. The highest BCUT2D eigenvalue weighted by Gasteiger charge is 2.12. The third-order valence-electron chi connectivity index (χ3n) is 3.10. The molecular weight excluding hydrogens is 256 g/mol. The highest BCUT2D eigenvalue weighted by Crippen LogP contribution is 2.32. The fourth-order valence-electron chi connectivity index (χ4n) is 1.93. The molecule has 1 amide bonds. The number of nitrogens with one attached hydrogen (secondary N) is 2. The van der Waals surface area contributed by atoms with Crippen LogP contribution in [0.3, 0.4) is 0 Å². The number of carbonyl (C=O) groups excluding carboxylic acids is 1. The normalized spacial score (nSPS) is 12.8. The van der Waals surface area contributed by atoms with Gasteiger partial charge in [-0.15, -0.1) is 0 Å². The lowest BCUT2D eigenvalue weighted by molar-refractivity contribution is -0.120. The third kappa shape index (κ3) is 4.42. The van der Waals surface area contributed by atoms with Crippen LogP contribution in [0.1, 0.15) is 25.8 Å². The smallest absolute Gasteiger partial charge is 0.233 e. The number of carbonyl (C=O) groups is 1. The number of benzene rings is 1. The highest BCUT2D eigenvalue weighted by molar-refractivity contribution is 5.77. The van der Waals surface area contributed by atoms with E-state index in [1.54, 1.807) is 0 Å². The van der Waals surface area contributed by atoms with Crippen molar-refractivity contribution < 1.29 is 14.3 Å². The summed E-state index contributed by atoms with van der Waals surface area (Å²) in [7, 11) is 0. The van der Waals surface area contributed by atoms with Crippen LogP contribution in [0, 0.1) is 5.92 Å². The number of ether oxygens (including phenoxy) is 2. The molecule has 1 aromatic rings. The van der Waals surface area contributed by atoms with Gasteiger partial charge in [-0.25, -0.2) is 0 Å². The average molecular weight is 278 g/mol. The Kier molecular flexibility index (Phi) is 5.24. The van der Waals surface area contributed by atoms with Gasteiger partial charge < -0.3 is 20.1 Å². The van der Waals surface area contributed by atoms with Crippen molar-refractivity contribution in [2.75, 3.05) is 19.9 Å². The van der Waals surface area contributed by atoms with E-state index in [0.717, 1.165) is 30.0 Å². The Hall–Kier alpha value is -1.75. The van der Waals surface area contributed by atoms with Crippen LogP contribution in [0.15, 0.2) is 18.2 Å². The van der Waals surface area contributed by atoms with Gasteiger partial charge in [0.15, 0.2) is 11.5 Å². The van der Waals surface area contributed by atoms with E-state index in [1.165, 1.54) is 0 Å². The van der Waals surface area contributed by atoms with Crippen LogP contribution in [-0.4, -0.2) is 25.8 Å². The first-order valence-corrected chi connectivity index (χ1v) is 7.01. The van der Waals surface area contributed by atoms with E-state index < -0.39 is 0 Å². The van der Waals surface area contributed by atoms with Crippen molar-refractivity contribution in [2.45, 2.75) is 26.8 Å². The van der Waals surface area contributed by atoms with Crippen LogP contribution >= 0.6 is 0 Å². The summed E-state index contributed by atoms with van der Waals surface area (Å²) in [5.74, 6) is 2.19.